The van der Waals surface area contributed by atoms with E-state index in [9.17, 15) is 8.42 Å². The van der Waals surface area contributed by atoms with Gasteiger partial charge in [-0.15, -0.1) is 0 Å². The minimum absolute atomic E-state index is 0.266. The van der Waals surface area contributed by atoms with Gasteiger partial charge in [-0.25, -0.2) is 8.42 Å². The third-order valence-corrected chi connectivity index (χ3v) is 5.05. The van der Waals surface area contributed by atoms with Crippen molar-refractivity contribution < 1.29 is 8.42 Å². The van der Waals surface area contributed by atoms with Gasteiger partial charge in [0, 0.05) is 11.0 Å². The third kappa shape index (κ3) is 3.61. The molecule has 0 amide bonds. The molecule has 2 rings (SSSR count). The Morgan fingerprint density at radius 1 is 0.950 bits per heavy atom. The summed E-state index contributed by atoms with van der Waals surface area (Å²) in [5.41, 5.74) is 2.79. The molecular weight excluding hydrogens is 338 g/mol. The lowest BCUT2D eigenvalue weighted by Crippen LogP contribution is -2.12. The van der Waals surface area contributed by atoms with Crippen molar-refractivity contribution in [1.29, 1.82) is 0 Å². The molecule has 20 heavy (non-hydrogen) atoms. The fraction of sp³-hybridized carbons (Fsp3) is 0.200. The van der Waals surface area contributed by atoms with Gasteiger partial charge in [0.15, 0.2) is 0 Å². The number of hydrogen-bond donors (Lipinski definition) is 1. The molecule has 0 heterocycles. The first-order valence-electron chi connectivity index (χ1n) is 6.32. The van der Waals surface area contributed by atoms with Crippen molar-refractivity contribution in [2.75, 3.05) is 4.72 Å². The van der Waals surface area contributed by atoms with E-state index in [2.05, 4.69) is 27.6 Å². The highest BCUT2D eigenvalue weighted by atomic mass is 79.9. The Bertz CT molecular complexity index is 664. The van der Waals surface area contributed by atoms with Gasteiger partial charge in [0.25, 0.3) is 10.0 Å². The van der Waals surface area contributed by atoms with Crippen molar-refractivity contribution in [3.63, 3.8) is 0 Å². The number of anilines is 1. The van der Waals surface area contributed by atoms with Gasteiger partial charge in [-0.1, -0.05) is 47.1 Å². The topological polar surface area (TPSA) is 46.2 Å². The van der Waals surface area contributed by atoms with E-state index in [1.807, 2.05) is 12.1 Å². The normalized spacial score (nSPS) is 11.3. The van der Waals surface area contributed by atoms with Crippen LogP contribution in [-0.4, -0.2) is 8.42 Å². The van der Waals surface area contributed by atoms with Crippen LogP contribution < -0.4 is 4.72 Å². The van der Waals surface area contributed by atoms with Crippen molar-refractivity contribution >= 4 is 31.6 Å². The maximum absolute atomic E-state index is 12.2. The van der Waals surface area contributed by atoms with Crippen LogP contribution in [-0.2, 0) is 21.8 Å². The summed E-state index contributed by atoms with van der Waals surface area (Å²) in [4.78, 5) is 0.266. The summed E-state index contributed by atoms with van der Waals surface area (Å²) in [7, 11) is -3.52. The lowest BCUT2D eigenvalue weighted by atomic mass is 10.2. The molecular formula is C15H16BrNO2S. The predicted molar refractivity (Wildman–Crippen MR) is 85.7 cm³/mol. The fourth-order valence-electron chi connectivity index (χ4n) is 1.78. The average molecular weight is 354 g/mol. The highest BCUT2D eigenvalue weighted by Gasteiger charge is 2.13. The summed E-state index contributed by atoms with van der Waals surface area (Å²) >= 11 is 3.33. The molecule has 2 aromatic carbocycles. The molecule has 0 unspecified atom stereocenters. The lowest BCUT2D eigenvalue weighted by molar-refractivity contribution is 0.601. The largest absolute Gasteiger partial charge is 0.280 e. The van der Waals surface area contributed by atoms with Crippen molar-refractivity contribution in [1.82, 2.24) is 0 Å². The van der Waals surface area contributed by atoms with Crippen LogP contribution in [0.3, 0.4) is 0 Å². The zero-order valence-corrected chi connectivity index (χ0v) is 13.5. The molecule has 0 saturated carbocycles. The second-order valence-electron chi connectivity index (χ2n) is 4.43. The standard InChI is InChI=1S/C15H16BrNO2S/c1-2-12-3-7-14(8-4-12)17-20(18,19)15-9-5-13(11-16)6-10-15/h3-10,17H,2,11H2,1H3. The molecule has 1 N–H and O–H groups in total. The van der Waals surface area contributed by atoms with Gasteiger partial charge < -0.3 is 0 Å². The average Bonchev–Trinajstić information content (AvgIpc) is 2.48. The first kappa shape index (κ1) is 15.1. The Hall–Kier alpha value is -1.33. The molecule has 0 saturated heterocycles. The third-order valence-electron chi connectivity index (χ3n) is 3.00. The van der Waals surface area contributed by atoms with Gasteiger partial charge in [0.05, 0.1) is 4.90 Å². The number of nitrogens with one attached hydrogen (secondary N) is 1. The Morgan fingerprint density at radius 2 is 1.50 bits per heavy atom. The number of benzene rings is 2. The van der Waals surface area contributed by atoms with Crippen LogP contribution in [0.2, 0.25) is 0 Å². The molecule has 0 fully saturated rings. The molecule has 106 valence electrons. The van der Waals surface area contributed by atoms with Crippen LogP contribution in [0.4, 0.5) is 5.69 Å². The van der Waals surface area contributed by atoms with E-state index in [1.165, 1.54) is 5.56 Å². The van der Waals surface area contributed by atoms with Crippen LogP contribution in [0.15, 0.2) is 53.4 Å². The van der Waals surface area contributed by atoms with Gasteiger partial charge in [-0.05, 0) is 41.8 Å². The molecule has 0 aliphatic carbocycles. The summed E-state index contributed by atoms with van der Waals surface area (Å²) in [6.45, 7) is 2.06. The maximum Gasteiger partial charge on any atom is 0.261 e. The Kier molecular flexibility index (Phi) is 4.83. The van der Waals surface area contributed by atoms with Crippen LogP contribution in [0.1, 0.15) is 18.1 Å². The molecule has 0 atom stereocenters. The number of alkyl halides is 1. The molecule has 3 nitrogen and oxygen atoms in total. The first-order valence-corrected chi connectivity index (χ1v) is 8.92. The van der Waals surface area contributed by atoms with Crippen LogP contribution >= 0.6 is 15.9 Å². The summed E-state index contributed by atoms with van der Waals surface area (Å²) in [5.74, 6) is 0. The SMILES string of the molecule is CCc1ccc(NS(=O)(=O)c2ccc(CBr)cc2)cc1. The molecule has 0 radical (unpaired) electrons. The summed E-state index contributed by atoms with van der Waals surface area (Å²) in [5, 5.41) is 0.708. The molecule has 0 aliphatic heterocycles. The van der Waals surface area contributed by atoms with E-state index >= 15 is 0 Å². The van der Waals surface area contributed by atoms with Crippen LogP contribution in [0.5, 0.6) is 0 Å². The van der Waals surface area contributed by atoms with E-state index in [1.54, 1.807) is 36.4 Å². The number of rotatable bonds is 5. The van der Waals surface area contributed by atoms with Gasteiger partial charge in [-0.2, -0.15) is 0 Å². The molecule has 0 spiro atoms. The molecule has 5 heteroatoms. The Morgan fingerprint density at radius 3 is 2.00 bits per heavy atom. The fourth-order valence-corrected chi connectivity index (χ4v) is 3.21. The van der Waals surface area contributed by atoms with E-state index in [-0.39, 0.29) is 4.90 Å². The second-order valence-corrected chi connectivity index (χ2v) is 6.68. The van der Waals surface area contributed by atoms with Crippen molar-refractivity contribution in [3.8, 4) is 0 Å². The highest BCUT2D eigenvalue weighted by Crippen LogP contribution is 2.18. The van der Waals surface area contributed by atoms with E-state index < -0.39 is 10.0 Å². The molecule has 0 aromatic heterocycles. The summed E-state index contributed by atoms with van der Waals surface area (Å²) in [6, 6.07) is 14.2. The summed E-state index contributed by atoms with van der Waals surface area (Å²) in [6.07, 6.45) is 0.932. The van der Waals surface area contributed by atoms with Gasteiger partial charge in [-0.3, -0.25) is 4.72 Å². The van der Waals surface area contributed by atoms with E-state index in [4.69, 9.17) is 0 Å². The number of halogens is 1. The zero-order chi connectivity index (χ0) is 14.6. The Balaban J connectivity index is 2.20. The quantitative estimate of drug-likeness (QED) is 0.827. The molecule has 0 aliphatic rings. The van der Waals surface area contributed by atoms with Crippen LogP contribution in [0.25, 0.3) is 0 Å². The highest BCUT2D eigenvalue weighted by molar-refractivity contribution is 9.08. The molecule has 0 bridgehead atoms. The molecule has 2 aromatic rings. The first-order chi connectivity index (χ1) is 9.55. The predicted octanol–water partition coefficient (Wildman–Crippen LogP) is 3.94. The minimum atomic E-state index is -3.52. The number of sulfonamides is 1. The number of aryl methyl sites for hydroxylation is 1. The van der Waals surface area contributed by atoms with E-state index in [0.717, 1.165) is 12.0 Å². The maximum atomic E-state index is 12.2. The van der Waals surface area contributed by atoms with Crippen LogP contribution in [0, 0.1) is 0 Å². The Labute approximate surface area is 128 Å². The zero-order valence-electron chi connectivity index (χ0n) is 11.1. The van der Waals surface area contributed by atoms with E-state index in [0.29, 0.717) is 11.0 Å². The van der Waals surface area contributed by atoms with Crippen molar-refractivity contribution in [3.05, 3.63) is 59.7 Å². The van der Waals surface area contributed by atoms with Crippen molar-refractivity contribution in [2.24, 2.45) is 0 Å². The number of hydrogen-bond acceptors (Lipinski definition) is 2. The smallest absolute Gasteiger partial charge is 0.261 e. The second kappa shape index (κ2) is 6.41. The van der Waals surface area contributed by atoms with Gasteiger partial charge in [0.1, 0.15) is 0 Å². The van der Waals surface area contributed by atoms with Crippen molar-refractivity contribution in [2.45, 2.75) is 23.6 Å². The minimum Gasteiger partial charge on any atom is -0.280 e. The monoisotopic (exact) mass is 353 g/mol. The van der Waals surface area contributed by atoms with Gasteiger partial charge >= 0.3 is 0 Å². The lowest BCUT2D eigenvalue weighted by Gasteiger charge is -2.09. The van der Waals surface area contributed by atoms with Gasteiger partial charge in [0.2, 0.25) is 0 Å². The summed E-state index contributed by atoms with van der Waals surface area (Å²) < 4.78 is 27.0.